The highest BCUT2D eigenvalue weighted by Crippen LogP contribution is 2.36. The Kier molecular flexibility index (Phi) is 8.24. The molecule has 11 heteroatoms. The average Bonchev–Trinajstić information content (AvgIpc) is 2.92. The topological polar surface area (TPSA) is 94.1 Å². The molecule has 0 amide bonds. The molecule has 5 rings (SSSR count). The molecule has 2 aromatic carbocycles. The number of nitrogens with zero attached hydrogens (tertiary/aromatic N) is 4. The molecule has 2 aliphatic heterocycles. The summed E-state index contributed by atoms with van der Waals surface area (Å²) in [6.45, 7) is 7.34. The van der Waals surface area contributed by atoms with Crippen molar-refractivity contribution in [3.05, 3.63) is 92.2 Å². The molecule has 0 unspecified atom stereocenters. The van der Waals surface area contributed by atoms with Gasteiger partial charge in [-0.15, -0.1) is 0 Å². The molecule has 0 aliphatic carbocycles. The van der Waals surface area contributed by atoms with Gasteiger partial charge in [0.1, 0.15) is 5.70 Å². The van der Waals surface area contributed by atoms with E-state index in [1.54, 1.807) is 44.2 Å². The first-order valence-electron chi connectivity index (χ1n) is 13.0. The molecule has 3 aromatic rings. The zero-order valence-corrected chi connectivity index (χ0v) is 25.4. The van der Waals surface area contributed by atoms with Crippen LogP contribution in [-0.4, -0.2) is 72.8 Å². The Morgan fingerprint density at radius 2 is 1.73 bits per heavy atom. The number of anilines is 1. The van der Waals surface area contributed by atoms with Gasteiger partial charge in [0.05, 0.1) is 5.56 Å². The summed E-state index contributed by atoms with van der Waals surface area (Å²) in [7, 11) is -4.19. The van der Waals surface area contributed by atoms with Crippen LogP contribution in [0.1, 0.15) is 33.6 Å². The SMILES string of the molecule is Cc1cc(C)c2c(n1)S(=O)(=O)N(CCCN1CCN(c3cccc(Cl)c3)CC1)/C(=C(/O)c1ccc(Br)cc1)C2=O. The lowest BCUT2D eigenvalue weighted by molar-refractivity contribution is 0.0995. The second-order valence-corrected chi connectivity index (χ2v) is 13.2. The zero-order chi connectivity index (χ0) is 28.6. The Hall–Kier alpha value is -2.92. The van der Waals surface area contributed by atoms with Gasteiger partial charge in [-0.05, 0) is 62.2 Å². The van der Waals surface area contributed by atoms with Gasteiger partial charge in [-0.1, -0.05) is 45.7 Å². The predicted octanol–water partition coefficient (Wildman–Crippen LogP) is 5.44. The number of ketones is 1. The van der Waals surface area contributed by atoms with E-state index in [1.807, 2.05) is 24.3 Å². The maximum absolute atomic E-state index is 13.9. The van der Waals surface area contributed by atoms with E-state index < -0.39 is 15.8 Å². The molecule has 0 saturated carbocycles. The molecule has 8 nitrogen and oxygen atoms in total. The number of carbonyl (C=O) groups is 1. The number of allylic oxidation sites excluding steroid dienone is 1. The van der Waals surface area contributed by atoms with Crippen LogP contribution in [0.4, 0.5) is 5.69 Å². The smallest absolute Gasteiger partial charge is 0.282 e. The minimum absolute atomic E-state index is 0.0117. The number of aromatic nitrogens is 1. The van der Waals surface area contributed by atoms with Gasteiger partial charge >= 0.3 is 0 Å². The van der Waals surface area contributed by atoms with Crippen LogP contribution in [0.3, 0.4) is 0 Å². The molecule has 0 bridgehead atoms. The van der Waals surface area contributed by atoms with Crippen molar-refractivity contribution in [2.45, 2.75) is 25.3 Å². The molecule has 1 saturated heterocycles. The Morgan fingerprint density at radius 3 is 2.40 bits per heavy atom. The quantitative estimate of drug-likeness (QED) is 0.282. The monoisotopic (exact) mass is 644 g/mol. The lowest BCUT2D eigenvalue weighted by Crippen LogP contribution is -2.47. The van der Waals surface area contributed by atoms with E-state index in [-0.39, 0.29) is 28.6 Å². The van der Waals surface area contributed by atoms with Crippen molar-refractivity contribution in [1.82, 2.24) is 14.2 Å². The fraction of sp³-hybridized carbons (Fsp3) is 0.310. The van der Waals surface area contributed by atoms with E-state index in [0.29, 0.717) is 34.8 Å². The van der Waals surface area contributed by atoms with E-state index in [2.05, 4.69) is 30.7 Å². The van der Waals surface area contributed by atoms with Crippen LogP contribution in [0.2, 0.25) is 5.02 Å². The van der Waals surface area contributed by atoms with Gasteiger partial charge in [0.15, 0.2) is 10.8 Å². The molecular weight excluding hydrogens is 616 g/mol. The number of piperazine rings is 1. The van der Waals surface area contributed by atoms with E-state index in [4.69, 9.17) is 11.6 Å². The van der Waals surface area contributed by atoms with Crippen LogP contribution in [0.15, 0.2) is 69.8 Å². The van der Waals surface area contributed by atoms with Crippen molar-refractivity contribution >= 4 is 54.8 Å². The Bertz CT molecular complexity index is 1590. The number of aliphatic hydroxyl groups excluding tert-OH is 1. The third-order valence-corrected chi connectivity index (χ3v) is 9.75. The molecule has 1 N–H and O–H groups in total. The number of sulfonamides is 1. The molecule has 0 atom stereocenters. The van der Waals surface area contributed by atoms with E-state index in [0.717, 1.165) is 40.6 Å². The second-order valence-electron chi connectivity index (χ2n) is 10.0. The molecule has 0 spiro atoms. The minimum atomic E-state index is -4.19. The molecule has 2 aliphatic rings. The Balaban J connectivity index is 1.39. The molecule has 210 valence electrons. The van der Waals surface area contributed by atoms with Crippen LogP contribution in [0.5, 0.6) is 0 Å². The lowest BCUT2D eigenvalue weighted by Gasteiger charge is -2.37. The third-order valence-electron chi connectivity index (χ3n) is 7.26. The van der Waals surface area contributed by atoms with Crippen molar-refractivity contribution in [3.8, 4) is 0 Å². The summed E-state index contributed by atoms with van der Waals surface area (Å²) in [5, 5.41) is 11.7. The van der Waals surface area contributed by atoms with Crippen LogP contribution in [0.25, 0.3) is 5.76 Å². The van der Waals surface area contributed by atoms with Crippen LogP contribution in [0, 0.1) is 13.8 Å². The standard InChI is InChI=1S/C29H30BrClN4O4S/c1-19-17-20(2)32-29-25(19)28(37)26(27(36)21-7-9-22(30)10-8-21)35(40(29,38)39)12-4-11-33-13-15-34(16-14-33)24-6-3-5-23(31)18-24/h3,5-10,17-18,36H,4,11-16H2,1-2H3/b27-26+. The Morgan fingerprint density at radius 1 is 1.02 bits per heavy atom. The third kappa shape index (κ3) is 5.63. The van der Waals surface area contributed by atoms with Crippen molar-refractivity contribution in [3.63, 3.8) is 0 Å². The van der Waals surface area contributed by atoms with Crippen molar-refractivity contribution in [2.24, 2.45) is 0 Å². The summed E-state index contributed by atoms with van der Waals surface area (Å²) in [4.78, 5) is 22.6. The first kappa shape index (κ1) is 28.6. The number of aryl methyl sites for hydroxylation is 2. The predicted molar refractivity (Wildman–Crippen MR) is 160 cm³/mol. The van der Waals surface area contributed by atoms with Gasteiger partial charge in [0, 0.05) is 65.7 Å². The van der Waals surface area contributed by atoms with Gasteiger partial charge in [-0.25, -0.2) is 4.98 Å². The number of fused-ring (bicyclic) bond motifs is 1. The Labute approximate surface area is 248 Å². The first-order chi connectivity index (χ1) is 19.1. The highest BCUT2D eigenvalue weighted by atomic mass is 79.9. The van der Waals surface area contributed by atoms with E-state index >= 15 is 0 Å². The maximum Gasteiger partial charge on any atom is 0.282 e. The van der Waals surface area contributed by atoms with Gasteiger partial charge < -0.3 is 10.0 Å². The van der Waals surface area contributed by atoms with Crippen molar-refractivity contribution < 1.29 is 18.3 Å². The fourth-order valence-electron chi connectivity index (χ4n) is 5.26. The number of aliphatic hydroxyl groups is 1. The highest BCUT2D eigenvalue weighted by molar-refractivity contribution is 9.10. The normalized spacial score (nSPS) is 18.6. The number of benzene rings is 2. The lowest BCUT2D eigenvalue weighted by atomic mass is 10.0. The van der Waals surface area contributed by atoms with Crippen LogP contribution >= 0.6 is 27.5 Å². The largest absolute Gasteiger partial charge is 0.505 e. The second kappa shape index (κ2) is 11.5. The first-order valence-corrected chi connectivity index (χ1v) is 15.6. The van der Waals surface area contributed by atoms with Crippen LogP contribution in [-0.2, 0) is 10.0 Å². The summed E-state index contributed by atoms with van der Waals surface area (Å²) >= 11 is 9.52. The van der Waals surface area contributed by atoms with Gasteiger partial charge in [0.2, 0.25) is 5.78 Å². The van der Waals surface area contributed by atoms with Gasteiger partial charge in [-0.2, -0.15) is 8.42 Å². The fourth-order valence-corrected chi connectivity index (χ4v) is 7.47. The molecule has 40 heavy (non-hydrogen) atoms. The summed E-state index contributed by atoms with van der Waals surface area (Å²) in [5.41, 5.74) is 2.22. The minimum Gasteiger partial charge on any atom is -0.505 e. The number of pyridine rings is 1. The maximum atomic E-state index is 13.9. The number of hydrogen-bond acceptors (Lipinski definition) is 7. The molecular formula is C29H30BrClN4O4S. The summed E-state index contributed by atoms with van der Waals surface area (Å²) in [5.74, 6) is -0.924. The number of halogens is 2. The summed E-state index contributed by atoms with van der Waals surface area (Å²) in [6.07, 6.45) is 0.473. The van der Waals surface area contributed by atoms with E-state index in [1.165, 1.54) is 0 Å². The summed E-state index contributed by atoms with van der Waals surface area (Å²) in [6, 6.07) is 16.2. The number of hydrogen-bond donors (Lipinski definition) is 1. The zero-order valence-electron chi connectivity index (χ0n) is 22.3. The molecule has 1 aromatic heterocycles. The molecule has 1 fully saturated rings. The number of Topliss-reactive ketones (excluding diaryl/α,β-unsaturated/α-hetero) is 1. The highest BCUT2D eigenvalue weighted by Gasteiger charge is 2.43. The number of rotatable bonds is 6. The summed E-state index contributed by atoms with van der Waals surface area (Å²) < 4.78 is 29.6. The molecule has 0 radical (unpaired) electrons. The molecule has 3 heterocycles. The van der Waals surface area contributed by atoms with Crippen molar-refractivity contribution in [1.29, 1.82) is 0 Å². The van der Waals surface area contributed by atoms with Gasteiger partial charge in [-0.3, -0.25) is 14.0 Å². The van der Waals surface area contributed by atoms with Crippen LogP contribution < -0.4 is 4.90 Å². The number of carbonyl (C=O) groups excluding carboxylic acids is 1. The van der Waals surface area contributed by atoms with Crippen molar-refractivity contribution in [2.75, 3.05) is 44.2 Å². The van der Waals surface area contributed by atoms with E-state index in [9.17, 15) is 18.3 Å². The average molecular weight is 646 g/mol. The van der Waals surface area contributed by atoms with Gasteiger partial charge in [0.25, 0.3) is 10.0 Å².